The van der Waals surface area contributed by atoms with Crippen LogP contribution in [0.3, 0.4) is 0 Å². The number of aromatic amines is 1. The number of nitrogens with two attached hydrogens (primary N) is 1. The van der Waals surface area contributed by atoms with Gasteiger partial charge in [0.2, 0.25) is 5.91 Å². The molecular formula is C22H24ClN5O. The molecule has 6 nitrogen and oxygen atoms in total. The van der Waals surface area contributed by atoms with Crippen LogP contribution < -0.4 is 5.73 Å². The third kappa shape index (κ3) is 4.50. The number of nitrogens with one attached hydrogen (secondary N) is 1. The van der Waals surface area contributed by atoms with Crippen molar-refractivity contribution in [3.05, 3.63) is 84.3 Å². The van der Waals surface area contributed by atoms with E-state index in [4.69, 9.17) is 5.73 Å². The predicted octanol–water partition coefficient (Wildman–Crippen LogP) is 3.30. The van der Waals surface area contributed by atoms with Crippen LogP contribution in [0.4, 0.5) is 0 Å². The summed E-state index contributed by atoms with van der Waals surface area (Å²) in [6.45, 7) is 0.514. The number of amides is 1. The van der Waals surface area contributed by atoms with E-state index in [0.29, 0.717) is 13.0 Å². The molecule has 2 aromatic carbocycles. The van der Waals surface area contributed by atoms with Crippen molar-refractivity contribution in [3.63, 3.8) is 0 Å². The van der Waals surface area contributed by atoms with Gasteiger partial charge in [-0.1, -0.05) is 30.3 Å². The fourth-order valence-electron chi connectivity index (χ4n) is 3.44. The Kier molecular flexibility index (Phi) is 6.36. The van der Waals surface area contributed by atoms with Gasteiger partial charge in [-0.25, -0.2) is 4.68 Å². The second-order valence-corrected chi connectivity index (χ2v) is 6.98. The number of carbonyl (C=O) groups is 1. The van der Waals surface area contributed by atoms with Crippen molar-refractivity contribution >= 4 is 29.2 Å². The van der Waals surface area contributed by atoms with Gasteiger partial charge >= 0.3 is 0 Å². The number of carbonyl (C=O) groups excluding carboxylic acids is 1. The van der Waals surface area contributed by atoms with Gasteiger partial charge in [0.25, 0.3) is 0 Å². The molecule has 0 saturated carbocycles. The minimum atomic E-state index is -0.576. The average molecular weight is 410 g/mol. The van der Waals surface area contributed by atoms with E-state index in [0.717, 1.165) is 27.7 Å². The quantitative estimate of drug-likeness (QED) is 0.512. The van der Waals surface area contributed by atoms with Crippen molar-refractivity contribution in [3.8, 4) is 5.69 Å². The number of hydrogen-bond acceptors (Lipinski definition) is 3. The van der Waals surface area contributed by atoms with Crippen molar-refractivity contribution < 1.29 is 4.79 Å². The summed E-state index contributed by atoms with van der Waals surface area (Å²) in [5.74, 6) is -0.0681. The molecule has 0 radical (unpaired) electrons. The zero-order valence-electron chi connectivity index (χ0n) is 16.2. The van der Waals surface area contributed by atoms with E-state index in [1.54, 1.807) is 22.8 Å². The monoisotopic (exact) mass is 409 g/mol. The summed E-state index contributed by atoms with van der Waals surface area (Å²) in [6.07, 6.45) is 6.08. The Morgan fingerprint density at radius 1 is 1.17 bits per heavy atom. The smallest absolute Gasteiger partial charge is 0.239 e. The fourth-order valence-corrected chi connectivity index (χ4v) is 3.44. The first-order chi connectivity index (χ1) is 13.6. The number of likely N-dealkylation sites (N-methyl/N-ethyl adjacent to an activating group) is 1. The molecule has 0 aliphatic carbocycles. The highest BCUT2D eigenvalue weighted by Gasteiger charge is 2.20. The SMILES string of the molecule is CN(Cc1ccc(-n2cccn2)cc1)C(=O)[C@@H](N)Cc1c[nH]c2ccccc12.Cl. The van der Waals surface area contributed by atoms with E-state index in [2.05, 4.69) is 10.1 Å². The molecule has 0 aliphatic rings. The molecule has 0 spiro atoms. The van der Waals surface area contributed by atoms with Gasteiger partial charge in [0, 0.05) is 43.1 Å². The zero-order chi connectivity index (χ0) is 19.5. The molecule has 4 rings (SSSR count). The maximum atomic E-state index is 12.7. The fraction of sp³-hybridized carbons (Fsp3) is 0.182. The summed E-state index contributed by atoms with van der Waals surface area (Å²) >= 11 is 0. The van der Waals surface area contributed by atoms with Gasteiger partial charge in [0.05, 0.1) is 11.7 Å². The Morgan fingerprint density at radius 3 is 2.66 bits per heavy atom. The average Bonchev–Trinajstić information content (AvgIpc) is 3.39. The lowest BCUT2D eigenvalue weighted by Gasteiger charge is -2.21. The number of nitrogens with zero attached hydrogens (tertiary/aromatic N) is 3. The highest BCUT2D eigenvalue weighted by molar-refractivity contribution is 5.86. The Bertz CT molecular complexity index is 1070. The highest BCUT2D eigenvalue weighted by Crippen LogP contribution is 2.19. The van der Waals surface area contributed by atoms with Gasteiger partial charge in [-0.05, 0) is 41.8 Å². The van der Waals surface area contributed by atoms with Gasteiger partial charge in [-0.2, -0.15) is 5.10 Å². The third-order valence-electron chi connectivity index (χ3n) is 4.93. The van der Waals surface area contributed by atoms with Crippen molar-refractivity contribution in [1.29, 1.82) is 0 Å². The molecule has 150 valence electrons. The first kappa shape index (κ1) is 20.6. The molecule has 0 bridgehead atoms. The van der Waals surface area contributed by atoms with Gasteiger partial charge in [-0.15, -0.1) is 12.4 Å². The third-order valence-corrected chi connectivity index (χ3v) is 4.93. The number of fused-ring (bicyclic) bond motifs is 1. The lowest BCUT2D eigenvalue weighted by Crippen LogP contribution is -2.42. The number of hydrogen-bond donors (Lipinski definition) is 2. The van der Waals surface area contributed by atoms with Crippen LogP contribution in [0.2, 0.25) is 0 Å². The van der Waals surface area contributed by atoms with Crippen LogP contribution >= 0.6 is 12.4 Å². The molecule has 0 unspecified atom stereocenters. The van der Waals surface area contributed by atoms with E-state index in [1.165, 1.54) is 0 Å². The summed E-state index contributed by atoms with van der Waals surface area (Å²) in [5.41, 5.74) is 10.4. The van der Waals surface area contributed by atoms with Crippen LogP contribution in [0.15, 0.2) is 73.2 Å². The molecule has 2 heterocycles. The molecule has 0 fully saturated rings. The van der Waals surface area contributed by atoms with Crippen molar-refractivity contribution in [2.45, 2.75) is 19.0 Å². The topological polar surface area (TPSA) is 79.9 Å². The number of para-hydroxylation sites is 1. The minimum Gasteiger partial charge on any atom is -0.361 e. The van der Waals surface area contributed by atoms with E-state index < -0.39 is 6.04 Å². The molecule has 0 saturated heterocycles. The predicted molar refractivity (Wildman–Crippen MR) is 117 cm³/mol. The van der Waals surface area contributed by atoms with E-state index in [1.807, 2.05) is 67.0 Å². The van der Waals surface area contributed by atoms with Crippen LogP contribution in [-0.2, 0) is 17.8 Å². The Labute approximate surface area is 175 Å². The standard InChI is InChI=1S/C22H23N5O.ClH/c1-26(15-16-7-9-18(10-8-16)27-12-4-11-25-27)22(28)20(23)13-17-14-24-21-6-3-2-5-19(17)21;/h2-12,14,20,24H,13,15,23H2,1H3;1H/t20-;/m0./s1. The van der Waals surface area contributed by atoms with Crippen LogP contribution in [0.1, 0.15) is 11.1 Å². The second-order valence-electron chi connectivity index (χ2n) is 6.98. The number of benzene rings is 2. The Balaban J connectivity index is 0.00000240. The number of rotatable bonds is 6. The summed E-state index contributed by atoms with van der Waals surface area (Å²) in [4.78, 5) is 17.7. The van der Waals surface area contributed by atoms with Crippen LogP contribution in [-0.4, -0.2) is 38.7 Å². The van der Waals surface area contributed by atoms with E-state index in [9.17, 15) is 4.79 Å². The van der Waals surface area contributed by atoms with Crippen LogP contribution in [0.25, 0.3) is 16.6 Å². The van der Waals surface area contributed by atoms with Gasteiger partial charge < -0.3 is 15.6 Å². The maximum absolute atomic E-state index is 12.7. The number of halogens is 1. The molecule has 3 N–H and O–H groups in total. The molecule has 7 heteroatoms. The minimum absolute atomic E-state index is 0. The molecule has 29 heavy (non-hydrogen) atoms. The summed E-state index contributed by atoms with van der Waals surface area (Å²) in [7, 11) is 1.79. The Morgan fingerprint density at radius 2 is 1.93 bits per heavy atom. The lowest BCUT2D eigenvalue weighted by molar-refractivity contribution is -0.131. The maximum Gasteiger partial charge on any atom is 0.239 e. The second kappa shape index (κ2) is 8.94. The van der Waals surface area contributed by atoms with Crippen LogP contribution in [0, 0.1) is 0 Å². The molecule has 2 aromatic heterocycles. The lowest BCUT2D eigenvalue weighted by atomic mass is 10.0. The highest BCUT2D eigenvalue weighted by atomic mass is 35.5. The summed E-state index contributed by atoms with van der Waals surface area (Å²) < 4.78 is 1.80. The zero-order valence-corrected chi connectivity index (χ0v) is 17.0. The molecular weight excluding hydrogens is 386 g/mol. The normalized spacial score (nSPS) is 11.8. The summed E-state index contributed by atoms with van der Waals surface area (Å²) in [5, 5.41) is 5.33. The van der Waals surface area contributed by atoms with Crippen molar-refractivity contribution in [2.75, 3.05) is 7.05 Å². The first-order valence-electron chi connectivity index (χ1n) is 9.26. The molecule has 1 atom stereocenters. The first-order valence-corrected chi connectivity index (χ1v) is 9.26. The number of aromatic nitrogens is 3. The Hall–Kier alpha value is -3.09. The molecule has 1 amide bonds. The van der Waals surface area contributed by atoms with Crippen molar-refractivity contribution in [1.82, 2.24) is 19.7 Å². The van der Waals surface area contributed by atoms with Crippen LogP contribution in [0.5, 0.6) is 0 Å². The number of H-pyrrole nitrogens is 1. The molecule has 4 aromatic rings. The molecule has 0 aliphatic heterocycles. The summed E-state index contributed by atoms with van der Waals surface area (Å²) in [6, 6.07) is 17.3. The van der Waals surface area contributed by atoms with Gasteiger partial charge in [0.15, 0.2) is 0 Å². The largest absolute Gasteiger partial charge is 0.361 e. The van der Waals surface area contributed by atoms with E-state index in [-0.39, 0.29) is 18.3 Å². The van der Waals surface area contributed by atoms with Gasteiger partial charge in [0.1, 0.15) is 0 Å². The van der Waals surface area contributed by atoms with Gasteiger partial charge in [-0.3, -0.25) is 4.79 Å². The van der Waals surface area contributed by atoms with Crippen molar-refractivity contribution in [2.24, 2.45) is 5.73 Å². The van der Waals surface area contributed by atoms with E-state index >= 15 is 0 Å².